The molecule has 0 spiro atoms. The summed E-state index contributed by atoms with van der Waals surface area (Å²) in [4.78, 5) is 13.8. The van der Waals surface area contributed by atoms with Crippen LogP contribution < -0.4 is 5.32 Å². The second-order valence-corrected chi connectivity index (χ2v) is 5.34. The molecule has 2 rings (SSSR count). The first-order valence-corrected chi connectivity index (χ1v) is 7.69. The molecule has 9 heteroatoms. The van der Waals surface area contributed by atoms with Crippen molar-refractivity contribution in [2.45, 2.75) is 19.6 Å². The minimum absolute atomic E-state index is 0.0583. The van der Waals surface area contributed by atoms with Crippen molar-refractivity contribution in [2.75, 3.05) is 19.6 Å². The maximum atomic E-state index is 13.8. The van der Waals surface area contributed by atoms with E-state index in [0.29, 0.717) is 19.2 Å². The molecule has 0 saturated heterocycles. The fourth-order valence-corrected chi connectivity index (χ4v) is 2.22. The summed E-state index contributed by atoms with van der Waals surface area (Å²) in [6, 6.07) is 6.60. The molecular weight excluding hydrogens is 340 g/mol. The molecule has 0 unspecified atom stereocenters. The number of rotatable bonds is 7. The molecule has 0 radical (unpaired) electrons. The molecule has 1 aromatic carbocycles. The van der Waals surface area contributed by atoms with E-state index in [4.69, 9.17) is 0 Å². The van der Waals surface area contributed by atoms with E-state index in [1.165, 1.54) is 23.1 Å². The Labute approximate surface area is 142 Å². The third kappa shape index (κ3) is 5.02. The number of halogens is 4. The molecule has 0 aliphatic carbocycles. The van der Waals surface area contributed by atoms with Gasteiger partial charge in [0.2, 0.25) is 0 Å². The number of likely N-dealkylation sites (N-methyl/N-ethyl adjacent to an activating group) is 1. The highest BCUT2D eigenvalue weighted by Gasteiger charge is 2.35. The number of amides is 1. The summed E-state index contributed by atoms with van der Waals surface area (Å²) in [5.74, 6) is -1.16. The Hall–Kier alpha value is -2.42. The zero-order valence-corrected chi connectivity index (χ0v) is 13.5. The highest BCUT2D eigenvalue weighted by molar-refractivity contribution is 5.92. The SMILES string of the molecule is CCNCCN(Cc1ccccc1F)C(=O)c1cc(C(F)(F)F)n[nH]1. The van der Waals surface area contributed by atoms with Crippen LogP contribution in [0.25, 0.3) is 0 Å². The van der Waals surface area contributed by atoms with Crippen molar-refractivity contribution in [2.24, 2.45) is 0 Å². The fourth-order valence-electron chi connectivity index (χ4n) is 2.22. The van der Waals surface area contributed by atoms with Gasteiger partial charge in [0.15, 0.2) is 5.69 Å². The van der Waals surface area contributed by atoms with E-state index in [-0.39, 0.29) is 24.3 Å². The lowest BCUT2D eigenvalue weighted by molar-refractivity contribution is -0.141. The number of benzene rings is 1. The lowest BCUT2D eigenvalue weighted by Gasteiger charge is -2.22. The average Bonchev–Trinajstić information content (AvgIpc) is 3.05. The smallest absolute Gasteiger partial charge is 0.332 e. The van der Waals surface area contributed by atoms with Crippen LogP contribution in [0.2, 0.25) is 0 Å². The number of aromatic nitrogens is 2. The van der Waals surface area contributed by atoms with Gasteiger partial charge >= 0.3 is 6.18 Å². The van der Waals surface area contributed by atoms with E-state index in [2.05, 4.69) is 15.5 Å². The number of alkyl halides is 3. The molecular formula is C16H18F4N4O. The van der Waals surface area contributed by atoms with Crippen LogP contribution in [-0.4, -0.2) is 40.6 Å². The Bertz CT molecular complexity index is 714. The zero-order valence-electron chi connectivity index (χ0n) is 13.5. The second-order valence-electron chi connectivity index (χ2n) is 5.34. The highest BCUT2D eigenvalue weighted by Crippen LogP contribution is 2.28. The molecule has 25 heavy (non-hydrogen) atoms. The first-order chi connectivity index (χ1) is 11.8. The Morgan fingerprint density at radius 1 is 1.32 bits per heavy atom. The summed E-state index contributed by atoms with van der Waals surface area (Å²) in [5, 5.41) is 8.25. The normalized spacial score (nSPS) is 11.6. The van der Waals surface area contributed by atoms with E-state index >= 15 is 0 Å². The highest BCUT2D eigenvalue weighted by atomic mass is 19.4. The Morgan fingerprint density at radius 2 is 2.04 bits per heavy atom. The van der Waals surface area contributed by atoms with Crippen molar-refractivity contribution < 1.29 is 22.4 Å². The van der Waals surface area contributed by atoms with Crippen molar-refractivity contribution in [1.82, 2.24) is 20.4 Å². The molecule has 0 atom stereocenters. The van der Waals surface area contributed by atoms with E-state index in [1.807, 2.05) is 6.92 Å². The molecule has 0 fully saturated rings. The van der Waals surface area contributed by atoms with Crippen LogP contribution in [0.4, 0.5) is 17.6 Å². The monoisotopic (exact) mass is 358 g/mol. The van der Waals surface area contributed by atoms with Gasteiger partial charge in [-0.15, -0.1) is 0 Å². The maximum absolute atomic E-state index is 13.8. The third-order valence-corrected chi connectivity index (χ3v) is 3.51. The van der Waals surface area contributed by atoms with E-state index in [0.717, 1.165) is 0 Å². The first-order valence-electron chi connectivity index (χ1n) is 7.69. The second kappa shape index (κ2) is 8.11. The molecule has 5 nitrogen and oxygen atoms in total. The van der Waals surface area contributed by atoms with Crippen molar-refractivity contribution in [3.63, 3.8) is 0 Å². The predicted octanol–water partition coefficient (Wildman–Crippen LogP) is 2.82. The van der Waals surface area contributed by atoms with Crippen molar-refractivity contribution >= 4 is 5.91 Å². The standard InChI is InChI=1S/C16H18F4N4O/c1-2-21-7-8-24(10-11-5-3-4-6-12(11)17)15(25)13-9-14(23-22-13)16(18,19)20/h3-6,9,21H,2,7-8,10H2,1H3,(H,22,23). The Balaban J connectivity index is 2.20. The van der Waals surface area contributed by atoms with E-state index in [9.17, 15) is 22.4 Å². The van der Waals surface area contributed by atoms with Gasteiger partial charge < -0.3 is 10.2 Å². The van der Waals surface area contributed by atoms with Gasteiger partial charge in [0.1, 0.15) is 11.5 Å². The van der Waals surface area contributed by atoms with Gasteiger partial charge in [0, 0.05) is 31.3 Å². The first kappa shape index (κ1) is 18.9. The van der Waals surface area contributed by atoms with Crippen LogP contribution in [0.1, 0.15) is 28.7 Å². The lowest BCUT2D eigenvalue weighted by Crippen LogP contribution is -2.37. The topological polar surface area (TPSA) is 61.0 Å². The lowest BCUT2D eigenvalue weighted by atomic mass is 10.2. The van der Waals surface area contributed by atoms with Crippen LogP contribution in [0.5, 0.6) is 0 Å². The number of carbonyl (C=O) groups is 1. The van der Waals surface area contributed by atoms with E-state index < -0.39 is 23.6 Å². The molecule has 2 aromatic rings. The molecule has 136 valence electrons. The van der Waals surface area contributed by atoms with Gasteiger partial charge in [-0.25, -0.2) is 4.39 Å². The van der Waals surface area contributed by atoms with Gasteiger partial charge in [0.25, 0.3) is 5.91 Å². The number of H-pyrrole nitrogens is 1. The predicted molar refractivity (Wildman–Crippen MR) is 83.3 cm³/mol. The molecule has 1 heterocycles. The van der Waals surface area contributed by atoms with Crippen molar-refractivity contribution in [3.8, 4) is 0 Å². The van der Waals surface area contributed by atoms with Gasteiger partial charge in [-0.2, -0.15) is 18.3 Å². The summed E-state index contributed by atoms with van der Waals surface area (Å²) in [7, 11) is 0. The largest absolute Gasteiger partial charge is 0.435 e. The summed E-state index contributed by atoms with van der Waals surface area (Å²) < 4.78 is 51.8. The van der Waals surface area contributed by atoms with Crippen molar-refractivity contribution in [1.29, 1.82) is 0 Å². The minimum atomic E-state index is -4.64. The van der Waals surface area contributed by atoms with Crippen LogP contribution >= 0.6 is 0 Å². The Morgan fingerprint density at radius 3 is 2.64 bits per heavy atom. The quantitative estimate of drug-likeness (QED) is 0.591. The fraction of sp³-hybridized carbons (Fsp3) is 0.375. The number of hydrogen-bond donors (Lipinski definition) is 2. The summed E-state index contributed by atoms with van der Waals surface area (Å²) >= 11 is 0. The molecule has 0 aliphatic heterocycles. The van der Waals surface area contributed by atoms with Crippen LogP contribution in [0.15, 0.2) is 30.3 Å². The molecule has 1 amide bonds. The van der Waals surface area contributed by atoms with Crippen molar-refractivity contribution in [3.05, 3.63) is 53.1 Å². The van der Waals surface area contributed by atoms with Crippen LogP contribution in [0.3, 0.4) is 0 Å². The summed E-state index contributed by atoms with van der Waals surface area (Å²) in [6.07, 6.45) is -4.64. The molecule has 0 bridgehead atoms. The van der Waals surface area contributed by atoms with Gasteiger partial charge in [-0.05, 0) is 12.6 Å². The summed E-state index contributed by atoms with van der Waals surface area (Å²) in [5.41, 5.74) is -1.18. The zero-order chi connectivity index (χ0) is 18.4. The van der Waals surface area contributed by atoms with Gasteiger partial charge in [0.05, 0.1) is 0 Å². The van der Waals surface area contributed by atoms with E-state index in [1.54, 1.807) is 6.07 Å². The molecule has 0 saturated carbocycles. The number of aromatic amines is 1. The van der Waals surface area contributed by atoms with Crippen LogP contribution in [-0.2, 0) is 12.7 Å². The molecule has 0 aliphatic rings. The van der Waals surface area contributed by atoms with Gasteiger partial charge in [-0.1, -0.05) is 25.1 Å². The number of nitrogens with zero attached hydrogens (tertiary/aromatic N) is 2. The van der Waals surface area contributed by atoms with Gasteiger partial charge in [-0.3, -0.25) is 9.89 Å². The Kier molecular flexibility index (Phi) is 6.13. The van der Waals surface area contributed by atoms with Crippen LogP contribution in [0, 0.1) is 5.82 Å². The average molecular weight is 358 g/mol. The maximum Gasteiger partial charge on any atom is 0.435 e. The number of hydrogen-bond acceptors (Lipinski definition) is 3. The number of nitrogens with one attached hydrogen (secondary N) is 2. The number of carbonyl (C=O) groups excluding carboxylic acids is 1. The minimum Gasteiger partial charge on any atom is -0.332 e. The third-order valence-electron chi connectivity index (χ3n) is 3.51. The molecule has 1 aromatic heterocycles. The molecule has 2 N–H and O–H groups in total. The summed E-state index contributed by atoms with van der Waals surface area (Å²) in [6.45, 7) is 3.13.